The summed E-state index contributed by atoms with van der Waals surface area (Å²) in [7, 11) is 0. The van der Waals surface area contributed by atoms with E-state index in [-0.39, 0.29) is 0 Å². The maximum Gasteiger partial charge on any atom is 0.0531 e. The minimum atomic E-state index is 0.638. The number of ether oxygens (including phenoxy) is 1. The van der Waals surface area contributed by atoms with E-state index < -0.39 is 0 Å². The molecule has 1 aliphatic heterocycles. The zero-order valence-corrected chi connectivity index (χ0v) is 6.02. The molecular weight excluding hydrogens is 112 g/mol. The van der Waals surface area contributed by atoms with E-state index in [2.05, 4.69) is 13.5 Å². The molecular formula is C8H14O. The first-order chi connectivity index (χ1) is 4.30. The van der Waals surface area contributed by atoms with Crippen LogP contribution in [0.2, 0.25) is 0 Å². The molecule has 1 saturated heterocycles. The van der Waals surface area contributed by atoms with Gasteiger partial charge in [0.2, 0.25) is 0 Å². The highest BCUT2D eigenvalue weighted by atomic mass is 16.5. The SMILES string of the molecule is C=C(C)C1CCCOC1. The number of hydrogen-bond donors (Lipinski definition) is 0. The van der Waals surface area contributed by atoms with E-state index in [4.69, 9.17) is 4.74 Å². The van der Waals surface area contributed by atoms with E-state index in [0.717, 1.165) is 13.2 Å². The third-order valence-electron chi connectivity index (χ3n) is 1.86. The molecule has 52 valence electrons. The Kier molecular flexibility index (Phi) is 2.29. The van der Waals surface area contributed by atoms with E-state index in [1.165, 1.54) is 18.4 Å². The minimum Gasteiger partial charge on any atom is -0.381 e. The second kappa shape index (κ2) is 3.02. The first-order valence-corrected chi connectivity index (χ1v) is 3.54. The molecule has 0 aromatic rings. The van der Waals surface area contributed by atoms with Crippen molar-refractivity contribution in [3.63, 3.8) is 0 Å². The minimum absolute atomic E-state index is 0.638. The van der Waals surface area contributed by atoms with Crippen molar-refractivity contribution >= 4 is 0 Å². The van der Waals surface area contributed by atoms with Gasteiger partial charge in [0, 0.05) is 12.5 Å². The van der Waals surface area contributed by atoms with Gasteiger partial charge < -0.3 is 4.74 Å². The van der Waals surface area contributed by atoms with Crippen LogP contribution in [0.3, 0.4) is 0 Å². The van der Waals surface area contributed by atoms with Gasteiger partial charge in [-0.2, -0.15) is 0 Å². The lowest BCUT2D eigenvalue weighted by Crippen LogP contribution is -2.17. The van der Waals surface area contributed by atoms with Crippen LogP contribution in [-0.2, 0) is 4.74 Å². The molecule has 0 N–H and O–H groups in total. The summed E-state index contributed by atoms with van der Waals surface area (Å²) >= 11 is 0. The van der Waals surface area contributed by atoms with E-state index in [0.29, 0.717) is 5.92 Å². The lowest BCUT2D eigenvalue weighted by Gasteiger charge is -2.21. The Hall–Kier alpha value is -0.300. The summed E-state index contributed by atoms with van der Waals surface area (Å²) in [6.45, 7) is 7.83. The first-order valence-electron chi connectivity index (χ1n) is 3.54. The van der Waals surface area contributed by atoms with E-state index >= 15 is 0 Å². The van der Waals surface area contributed by atoms with Gasteiger partial charge in [0.15, 0.2) is 0 Å². The molecule has 1 rings (SSSR count). The van der Waals surface area contributed by atoms with Crippen molar-refractivity contribution in [2.24, 2.45) is 5.92 Å². The third-order valence-corrected chi connectivity index (χ3v) is 1.86. The molecule has 0 amide bonds. The highest BCUT2D eigenvalue weighted by molar-refractivity contribution is 4.96. The first kappa shape index (κ1) is 6.81. The topological polar surface area (TPSA) is 9.23 Å². The molecule has 0 radical (unpaired) electrons. The second-order valence-corrected chi connectivity index (χ2v) is 2.76. The Morgan fingerprint density at radius 2 is 2.44 bits per heavy atom. The van der Waals surface area contributed by atoms with Gasteiger partial charge in [-0.25, -0.2) is 0 Å². The largest absolute Gasteiger partial charge is 0.381 e. The smallest absolute Gasteiger partial charge is 0.0531 e. The van der Waals surface area contributed by atoms with Crippen LogP contribution < -0.4 is 0 Å². The van der Waals surface area contributed by atoms with Crippen molar-refractivity contribution < 1.29 is 4.74 Å². The Balaban J connectivity index is 2.31. The van der Waals surface area contributed by atoms with Crippen molar-refractivity contribution in [3.05, 3.63) is 12.2 Å². The van der Waals surface area contributed by atoms with Gasteiger partial charge in [0.25, 0.3) is 0 Å². The van der Waals surface area contributed by atoms with Crippen molar-refractivity contribution in [3.8, 4) is 0 Å². The second-order valence-electron chi connectivity index (χ2n) is 2.76. The van der Waals surface area contributed by atoms with Gasteiger partial charge in [-0.1, -0.05) is 12.2 Å². The van der Waals surface area contributed by atoms with Crippen LogP contribution in [0.4, 0.5) is 0 Å². The van der Waals surface area contributed by atoms with Crippen LogP contribution in [0.1, 0.15) is 19.8 Å². The molecule has 1 heterocycles. The summed E-state index contributed by atoms with van der Waals surface area (Å²) in [6, 6.07) is 0. The van der Waals surface area contributed by atoms with Crippen LogP contribution in [0.15, 0.2) is 12.2 Å². The van der Waals surface area contributed by atoms with Gasteiger partial charge in [-0.15, -0.1) is 0 Å². The molecule has 1 nitrogen and oxygen atoms in total. The summed E-state index contributed by atoms with van der Waals surface area (Å²) < 4.78 is 5.28. The van der Waals surface area contributed by atoms with Gasteiger partial charge >= 0.3 is 0 Å². The summed E-state index contributed by atoms with van der Waals surface area (Å²) in [6.07, 6.45) is 2.48. The van der Waals surface area contributed by atoms with Crippen LogP contribution >= 0.6 is 0 Å². The van der Waals surface area contributed by atoms with E-state index in [1.807, 2.05) is 0 Å². The molecule has 0 bridgehead atoms. The molecule has 0 aliphatic carbocycles. The number of rotatable bonds is 1. The average molecular weight is 126 g/mol. The highest BCUT2D eigenvalue weighted by Crippen LogP contribution is 2.19. The van der Waals surface area contributed by atoms with Gasteiger partial charge in [0.05, 0.1) is 6.61 Å². The highest BCUT2D eigenvalue weighted by Gasteiger charge is 2.13. The Labute approximate surface area is 56.7 Å². The van der Waals surface area contributed by atoms with Gasteiger partial charge in [-0.05, 0) is 19.8 Å². The molecule has 1 heteroatoms. The zero-order valence-electron chi connectivity index (χ0n) is 6.02. The monoisotopic (exact) mass is 126 g/mol. The average Bonchev–Trinajstić information content (AvgIpc) is 1.90. The summed E-state index contributed by atoms with van der Waals surface area (Å²) in [4.78, 5) is 0. The van der Waals surface area contributed by atoms with E-state index in [9.17, 15) is 0 Å². The lowest BCUT2D eigenvalue weighted by atomic mass is 9.96. The fourth-order valence-electron chi connectivity index (χ4n) is 1.13. The van der Waals surface area contributed by atoms with Gasteiger partial charge in [-0.3, -0.25) is 0 Å². The van der Waals surface area contributed by atoms with Gasteiger partial charge in [0.1, 0.15) is 0 Å². The molecule has 1 fully saturated rings. The molecule has 1 atom stereocenters. The Bertz CT molecular complexity index is 101. The zero-order chi connectivity index (χ0) is 6.69. The van der Waals surface area contributed by atoms with Crippen LogP contribution in [-0.4, -0.2) is 13.2 Å². The summed E-state index contributed by atoms with van der Waals surface area (Å²) in [5.74, 6) is 0.638. The fraction of sp³-hybridized carbons (Fsp3) is 0.750. The Morgan fingerprint density at radius 1 is 1.67 bits per heavy atom. The molecule has 9 heavy (non-hydrogen) atoms. The summed E-state index contributed by atoms with van der Waals surface area (Å²) in [5, 5.41) is 0. The predicted molar refractivity (Wildman–Crippen MR) is 38.4 cm³/mol. The quantitative estimate of drug-likeness (QED) is 0.488. The molecule has 0 saturated carbocycles. The standard InChI is InChI=1S/C8H14O/c1-7(2)8-4-3-5-9-6-8/h8H,1,3-6H2,2H3. The number of hydrogen-bond acceptors (Lipinski definition) is 1. The van der Waals surface area contributed by atoms with Crippen molar-refractivity contribution in [1.82, 2.24) is 0 Å². The fourth-order valence-corrected chi connectivity index (χ4v) is 1.13. The van der Waals surface area contributed by atoms with E-state index in [1.54, 1.807) is 0 Å². The molecule has 1 aliphatic rings. The molecule has 0 aromatic heterocycles. The van der Waals surface area contributed by atoms with Crippen molar-refractivity contribution in [2.45, 2.75) is 19.8 Å². The van der Waals surface area contributed by atoms with Crippen LogP contribution in [0.5, 0.6) is 0 Å². The van der Waals surface area contributed by atoms with Crippen molar-refractivity contribution in [2.75, 3.05) is 13.2 Å². The molecule has 0 spiro atoms. The lowest BCUT2D eigenvalue weighted by molar-refractivity contribution is 0.0675. The predicted octanol–water partition coefficient (Wildman–Crippen LogP) is 1.99. The van der Waals surface area contributed by atoms with Crippen molar-refractivity contribution in [1.29, 1.82) is 0 Å². The third kappa shape index (κ3) is 1.83. The molecule has 1 unspecified atom stereocenters. The summed E-state index contributed by atoms with van der Waals surface area (Å²) in [5.41, 5.74) is 1.27. The Morgan fingerprint density at radius 3 is 2.78 bits per heavy atom. The maximum absolute atomic E-state index is 5.28. The van der Waals surface area contributed by atoms with Crippen LogP contribution in [0, 0.1) is 5.92 Å². The van der Waals surface area contributed by atoms with Crippen LogP contribution in [0.25, 0.3) is 0 Å². The normalized spacial score (nSPS) is 27.9. The molecule has 0 aromatic carbocycles. The maximum atomic E-state index is 5.28.